The first-order valence-electron chi connectivity index (χ1n) is 8.81. The van der Waals surface area contributed by atoms with E-state index >= 15 is 0 Å². The van der Waals surface area contributed by atoms with Crippen molar-refractivity contribution in [1.82, 2.24) is 9.21 Å². The van der Waals surface area contributed by atoms with E-state index in [2.05, 4.69) is 0 Å². The summed E-state index contributed by atoms with van der Waals surface area (Å²) in [5.41, 5.74) is 0.536. The molecule has 0 atom stereocenters. The molecule has 0 bridgehead atoms. The molecule has 1 fully saturated rings. The molecule has 1 saturated heterocycles. The average molecular weight is 443 g/mol. The van der Waals surface area contributed by atoms with E-state index in [0.29, 0.717) is 17.9 Å². The molecule has 1 aliphatic heterocycles. The second-order valence-electron chi connectivity index (χ2n) is 6.20. The first-order chi connectivity index (χ1) is 13.3. The van der Waals surface area contributed by atoms with Gasteiger partial charge in [0.05, 0.1) is 16.7 Å². The Kier molecular flexibility index (Phi) is 6.50. The van der Waals surface area contributed by atoms with Crippen molar-refractivity contribution in [3.05, 3.63) is 58.1 Å². The van der Waals surface area contributed by atoms with Crippen LogP contribution in [0, 0.1) is 0 Å². The van der Waals surface area contributed by atoms with Crippen molar-refractivity contribution < 1.29 is 17.9 Å². The number of hydrogen-bond donors (Lipinski definition) is 0. The third kappa shape index (κ3) is 4.27. The predicted molar refractivity (Wildman–Crippen MR) is 109 cm³/mol. The predicted octanol–water partition coefficient (Wildman–Crippen LogP) is 3.54. The number of nitrogens with zero attached hydrogens (tertiary/aromatic N) is 2. The molecule has 1 heterocycles. The van der Waals surface area contributed by atoms with Gasteiger partial charge in [-0.3, -0.25) is 4.79 Å². The summed E-state index contributed by atoms with van der Waals surface area (Å²) in [6.07, 6.45) is 0. The lowest BCUT2D eigenvalue weighted by molar-refractivity contribution is 0.0698. The quantitative estimate of drug-likeness (QED) is 0.709. The third-order valence-corrected chi connectivity index (χ3v) is 7.31. The standard InChI is InChI=1S/C19H20Cl2N2O4S/c1-2-27-15-8-6-14(7-9-15)19(24)22-10-12-23(13-11-22)28(25,26)18-16(20)4-3-5-17(18)21/h3-9H,2,10-13H2,1H3. The first kappa shape index (κ1) is 20.9. The molecular weight excluding hydrogens is 423 g/mol. The van der Waals surface area contributed by atoms with E-state index in [-0.39, 0.29) is 47.0 Å². The second-order valence-corrected chi connectivity index (χ2v) is 8.89. The van der Waals surface area contributed by atoms with E-state index in [1.807, 2.05) is 6.92 Å². The van der Waals surface area contributed by atoms with Crippen molar-refractivity contribution >= 4 is 39.1 Å². The van der Waals surface area contributed by atoms with E-state index in [9.17, 15) is 13.2 Å². The average Bonchev–Trinajstić information content (AvgIpc) is 2.68. The molecule has 150 valence electrons. The highest BCUT2D eigenvalue weighted by Gasteiger charge is 2.33. The van der Waals surface area contributed by atoms with Crippen molar-refractivity contribution in [3.63, 3.8) is 0 Å². The van der Waals surface area contributed by atoms with E-state index < -0.39 is 10.0 Å². The Bertz CT molecular complexity index is 936. The fraction of sp³-hybridized carbons (Fsp3) is 0.316. The molecular formula is C19H20Cl2N2O4S. The van der Waals surface area contributed by atoms with Crippen molar-refractivity contribution in [1.29, 1.82) is 0 Å². The summed E-state index contributed by atoms with van der Waals surface area (Å²) in [5, 5.41) is 0.167. The molecule has 6 nitrogen and oxygen atoms in total. The summed E-state index contributed by atoms with van der Waals surface area (Å²) in [7, 11) is -3.83. The SMILES string of the molecule is CCOc1ccc(C(=O)N2CCN(S(=O)(=O)c3c(Cl)cccc3Cl)CC2)cc1. The maximum absolute atomic E-state index is 12.9. The van der Waals surface area contributed by atoms with Crippen LogP contribution in [-0.2, 0) is 10.0 Å². The molecule has 0 aliphatic carbocycles. The lowest BCUT2D eigenvalue weighted by atomic mass is 10.2. The number of carbonyl (C=O) groups excluding carboxylic acids is 1. The number of sulfonamides is 1. The van der Waals surface area contributed by atoms with Crippen LogP contribution in [0.5, 0.6) is 5.75 Å². The highest BCUT2D eigenvalue weighted by atomic mass is 35.5. The van der Waals surface area contributed by atoms with Gasteiger partial charge in [0.15, 0.2) is 0 Å². The molecule has 0 aromatic heterocycles. The second kappa shape index (κ2) is 8.69. The molecule has 2 aromatic carbocycles. The number of rotatable bonds is 5. The van der Waals surface area contributed by atoms with Gasteiger partial charge in [0, 0.05) is 31.7 Å². The summed E-state index contributed by atoms with van der Waals surface area (Å²) in [6.45, 7) is 3.36. The van der Waals surface area contributed by atoms with Gasteiger partial charge in [0.25, 0.3) is 5.91 Å². The van der Waals surface area contributed by atoms with E-state index in [4.69, 9.17) is 27.9 Å². The van der Waals surface area contributed by atoms with E-state index in [1.54, 1.807) is 35.2 Å². The molecule has 0 unspecified atom stereocenters. The number of halogens is 2. The Labute approximate surface area is 174 Å². The Morgan fingerprint density at radius 2 is 1.57 bits per heavy atom. The summed E-state index contributed by atoms with van der Waals surface area (Å²) in [4.78, 5) is 14.2. The summed E-state index contributed by atoms with van der Waals surface area (Å²) < 4.78 is 32.5. The minimum Gasteiger partial charge on any atom is -0.494 e. The van der Waals surface area contributed by atoms with Gasteiger partial charge in [-0.1, -0.05) is 29.3 Å². The zero-order valence-corrected chi connectivity index (χ0v) is 17.6. The Morgan fingerprint density at radius 3 is 2.11 bits per heavy atom. The number of amides is 1. The molecule has 3 rings (SSSR count). The van der Waals surface area contributed by atoms with E-state index in [1.165, 1.54) is 16.4 Å². The smallest absolute Gasteiger partial charge is 0.253 e. The maximum Gasteiger partial charge on any atom is 0.253 e. The number of piperazine rings is 1. The van der Waals surface area contributed by atoms with Crippen molar-refractivity contribution in [2.24, 2.45) is 0 Å². The summed E-state index contributed by atoms with van der Waals surface area (Å²) >= 11 is 12.1. The lowest BCUT2D eigenvalue weighted by Crippen LogP contribution is -2.50. The number of carbonyl (C=O) groups is 1. The van der Waals surface area contributed by atoms with Gasteiger partial charge >= 0.3 is 0 Å². The van der Waals surface area contributed by atoms with Crippen molar-refractivity contribution in [3.8, 4) is 5.75 Å². The Morgan fingerprint density at radius 1 is 1.00 bits per heavy atom. The van der Waals surface area contributed by atoms with Crippen LogP contribution in [0.1, 0.15) is 17.3 Å². The summed E-state index contributed by atoms with van der Waals surface area (Å²) in [6, 6.07) is 11.5. The van der Waals surface area contributed by atoms with Crippen molar-refractivity contribution in [2.75, 3.05) is 32.8 Å². The highest BCUT2D eigenvalue weighted by molar-refractivity contribution is 7.89. The Hall–Kier alpha value is -1.80. The van der Waals surface area contributed by atoms with E-state index in [0.717, 1.165) is 0 Å². The topological polar surface area (TPSA) is 66.9 Å². The fourth-order valence-corrected chi connectivity index (χ4v) is 5.55. The largest absolute Gasteiger partial charge is 0.494 e. The molecule has 0 radical (unpaired) electrons. The van der Waals surface area contributed by atoms with Crippen LogP contribution < -0.4 is 4.74 Å². The monoisotopic (exact) mass is 442 g/mol. The zero-order chi connectivity index (χ0) is 20.3. The lowest BCUT2D eigenvalue weighted by Gasteiger charge is -2.34. The number of ether oxygens (including phenoxy) is 1. The number of benzene rings is 2. The molecule has 2 aromatic rings. The minimum absolute atomic E-state index is 0.0837. The zero-order valence-electron chi connectivity index (χ0n) is 15.3. The van der Waals surface area contributed by atoms with Crippen LogP contribution in [0.25, 0.3) is 0 Å². The van der Waals surface area contributed by atoms with Crippen molar-refractivity contribution in [2.45, 2.75) is 11.8 Å². The van der Waals surface area contributed by atoms with Gasteiger partial charge in [-0.05, 0) is 43.3 Å². The van der Waals surface area contributed by atoms with Gasteiger partial charge in [-0.15, -0.1) is 0 Å². The van der Waals surface area contributed by atoms with Crippen LogP contribution in [0.4, 0.5) is 0 Å². The number of hydrogen-bond acceptors (Lipinski definition) is 4. The van der Waals surface area contributed by atoms with Gasteiger partial charge in [0.2, 0.25) is 10.0 Å². The normalized spacial score (nSPS) is 15.5. The minimum atomic E-state index is -3.83. The van der Waals surface area contributed by atoms with Crippen LogP contribution >= 0.6 is 23.2 Å². The maximum atomic E-state index is 12.9. The molecule has 0 N–H and O–H groups in total. The molecule has 0 spiro atoms. The molecule has 0 saturated carbocycles. The van der Waals surface area contributed by atoms with Gasteiger partial charge < -0.3 is 9.64 Å². The fourth-order valence-electron chi connectivity index (χ4n) is 3.03. The molecule has 28 heavy (non-hydrogen) atoms. The molecule has 9 heteroatoms. The first-order valence-corrected chi connectivity index (χ1v) is 11.0. The van der Waals surface area contributed by atoms with Crippen LogP contribution in [0.2, 0.25) is 10.0 Å². The van der Waals surface area contributed by atoms with Crippen LogP contribution in [0.15, 0.2) is 47.4 Å². The molecule has 1 aliphatic rings. The molecule has 1 amide bonds. The summed E-state index contributed by atoms with van der Waals surface area (Å²) in [5.74, 6) is 0.558. The Balaban J connectivity index is 1.69. The van der Waals surface area contributed by atoms with Crippen LogP contribution in [-0.4, -0.2) is 56.3 Å². The van der Waals surface area contributed by atoms with Gasteiger partial charge in [0.1, 0.15) is 10.6 Å². The van der Waals surface area contributed by atoms with Gasteiger partial charge in [-0.25, -0.2) is 8.42 Å². The van der Waals surface area contributed by atoms with Crippen LogP contribution in [0.3, 0.4) is 0 Å². The highest BCUT2D eigenvalue weighted by Crippen LogP contribution is 2.32. The third-order valence-electron chi connectivity index (χ3n) is 4.45. The van der Waals surface area contributed by atoms with Gasteiger partial charge in [-0.2, -0.15) is 4.31 Å².